The Kier molecular flexibility index (Phi) is 4.25. The van der Waals surface area contributed by atoms with Gasteiger partial charge in [0.25, 0.3) is 0 Å². The number of benzene rings is 1. The van der Waals surface area contributed by atoms with Crippen LogP contribution in [0.4, 0.5) is 17.2 Å². The third-order valence-corrected chi connectivity index (χ3v) is 2.68. The molecule has 0 fully saturated rings. The molecule has 0 saturated heterocycles. The molecule has 0 aliphatic rings. The fourth-order valence-corrected chi connectivity index (χ4v) is 1.65. The molecule has 0 unspecified atom stereocenters. The number of hydrogen-bond acceptors (Lipinski definition) is 4. The molecule has 4 nitrogen and oxygen atoms in total. The number of rotatable bonds is 5. The average molecular weight is 263 g/mol. The molecular formula is C13H15ClN4. The Balaban J connectivity index is 1.76. The first-order chi connectivity index (χ1) is 8.75. The summed E-state index contributed by atoms with van der Waals surface area (Å²) in [4.78, 5) is 4.15. The Morgan fingerprint density at radius 3 is 2.50 bits per heavy atom. The van der Waals surface area contributed by atoms with E-state index in [1.54, 1.807) is 6.20 Å². The smallest absolute Gasteiger partial charge is 0.149 e. The maximum atomic E-state index is 5.81. The van der Waals surface area contributed by atoms with Crippen molar-refractivity contribution in [2.75, 3.05) is 29.5 Å². The number of nitrogen functional groups attached to an aromatic ring is 1. The van der Waals surface area contributed by atoms with Gasteiger partial charge >= 0.3 is 0 Å². The second-order valence-electron chi connectivity index (χ2n) is 3.80. The van der Waals surface area contributed by atoms with Crippen LogP contribution in [0.2, 0.25) is 5.02 Å². The highest BCUT2D eigenvalue weighted by molar-refractivity contribution is 6.30. The molecule has 0 radical (unpaired) electrons. The lowest BCUT2D eigenvalue weighted by Gasteiger charge is -2.09. The highest BCUT2D eigenvalue weighted by Gasteiger charge is 1.97. The van der Waals surface area contributed by atoms with Crippen LogP contribution < -0.4 is 16.4 Å². The minimum absolute atomic E-state index is 0.656. The molecule has 94 valence electrons. The first-order valence-corrected chi connectivity index (χ1v) is 6.07. The Morgan fingerprint density at radius 2 is 1.78 bits per heavy atom. The summed E-state index contributed by atoms with van der Waals surface area (Å²) in [7, 11) is 0. The Hall–Kier alpha value is -1.94. The van der Waals surface area contributed by atoms with Gasteiger partial charge in [-0.25, -0.2) is 4.98 Å². The molecule has 0 spiro atoms. The normalized spacial score (nSPS) is 10.1. The number of anilines is 3. The Morgan fingerprint density at radius 1 is 1.06 bits per heavy atom. The van der Waals surface area contributed by atoms with Crippen LogP contribution in [0.3, 0.4) is 0 Å². The largest absolute Gasteiger partial charge is 0.396 e. The van der Waals surface area contributed by atoms with E-state index in [1.807, 2.05) is 36.4 Å². The zero-order valence-electron chi connectivity index (χ0n) is 9.86. The van der Waals surface area contributed by atoms with Gasteiger partial charge in [-0.3, -0.25) is 0 Å². The number of nitrogens with zero attached hydrogens (tertiary/aromatic N) is 1. The minimum atomic E-state index is 0.656. The predicted molar refractivity (Wildman–Crippen MR) is 77.1 cm³/mol. The molecule has 5 heteroatoms. The maximum Gasteiger partial charge on any atom is 0.149 e. The highest BCUT2D eigenvalue weighted by atomic mass is 35.5. The fraction of sp³-hybridized carbons (Fsp3) is 0.154. The number of nitrogens with two attached hydrogens (primary N) is 1. The van der Waals surface area contributed by atoms with Gasteiger partial charge in [0.15, 0.2) is 0 Å². The molecular weight excluding hydrogens is 248 g/mol. The van der Waals surface area contributed by atoms with Crippen molar-refractivity contribution in [3.63, 3.8) is 0 Å². The third-order valence-electron chi connectivity index (χ3n) is 2.43. The second kappa shape index (κ2) is 6.12. The summed E-state index contributed by atoms with van der Waals surface area (Å²) in [6.45, 7) is 1.52. The maximum absolute atomic E-state index is 5.81. The van der Waals surface area contributed by atoms with E-state index in [4.69, 9.17) is 17.3 Å². The lowest BCUT2D eigenvalue weighted by Crippen LogP contribution is -2.15. The number of aromatic nitrogens is 1. The fourth-order valence-electron chi connectivity index (χ4n) is 1.52. The van der Waals surface area contributed by atoms with E-state index < -0.39 is 0 Å². The SMILES string of the molecule is Nc1cccnc1NCCNc1ccc(Cl)cc1. The molecule has 2 aromatic rings. The van der Waals surface area contributed by atoms with Gasteiger partial charge in [0.1, 0.15) is 5.82 Å². The van der Waals surface area contributed by atoms with Crippen molar-refractivity contribution in [2.45, 2.75) is 0 Å². The third kappa shape index (κ3) is 3.53. The molecule has 4 N–H and O–H groups in total. The van der Waals surface area contributed by atoms with E-state index in [-0.39, 0.29) is 0 Å². The van der Waals surface area contributed by atoms with Gasteiger partial charge in [-0.05, 0) is 36.4 Å². The Labute approximate surface area is 111 Å². The predicted octanol–water partition coefficient (Wildman–Crippen LogP) is 2.84. The van der Waals surface area contributed by atoms with Crippen molar-refractivity contribution in [2.24, 2.45) is 0 Å². The van der Waals surface area contributed by atoms with Crippen LogP contribution >= 0.6 is 11.6 Å². The summed E-state index contributed by atoms with van der Waals surface area (Å²) in [6.07, 6.45) is 1.71. The van der Waals surface area contributed by atoms with Crippen molar-refractivity contribution in [1.82, 2.24) is 4.98 Å². The van der Waals surface area contributed by atoms with Crippen molar-refractivity contribution < 1.29 is 0 Å². The topological polar surface area (TPSA) is 63.0 Å². The summed E-state index contributed by atoms with van der Waals surface area (Å²) in [5, 5.41) is 7.18. The molecule has 2 rings (SSSR count). The van der Waals surface area contributed by atoms with Crippen LogP contribution in [-0.4, -0.2) is 18.1 Å². The number of hydrogen-bond donors (Lipinski definition) is 3. The lowest BCUT2D eigenvalue weighted by molar-refractivity contribution is 1.06. The van der Waals surface area contributed by atoms with Gasteiger partial charge in [0.05, 0.1) is 5.69 Å². The summed E-state index contributed by atoms with van der Waals surface area (Å²) in [5.74, 6) is 0.718. The molecule has 0 saturated carbocycles. The van der Waals surface area contributed by atoms with Crippen LogP contribution in [0, 0.1) is 0 Å². The van der Waals surface area contributed by atoms with Crippen molar-refractivity contribution in [1.29, 1.82) is 0 Å². The molecule has 1 aromatic heterocycles. The summed E-state index contributed by atoms with van der Waals surface area (Å²) >= 11 is 5.81. The summed E-state index contributed by atoms with van der Waals surface area (Å²) < 4.78 is 0. The van der Waals surface area contributed by atoms with E-state index in [2.05, 4.69) is 15.6 Å². The van der Waals surface area contributed by atoms with Crippen molar-refractivity contribution in [3.8, 4) is 0 Å². The number of halogens is 1. The van der Waals surface area contributed by atoms with Gasteiger partial charge in [0, 0.05) is 30.0 Å². The van der Waals surface area contributed by atoms with Gasteiger partial charge in [-0.1, -0.05) is 11.6 Å². The summed E-state index contributed by atoms with van der Waals surface area (Å²) in [5.41, 5.74) is 7.46. The van der Waals surface area contributed by atoms with E-state index in [0.29, 0.717) is 5.69 Å². The van der Waals surface area contributed by atoms with Crippen molar-refractivity contribution >= 4 is 28.8 Å². The molecule has 0 aliphatic carbocycles. The van der Waals surface area contributed by atoms with Crippen LogP contribution in [0.15, 0.2) is 42.6 Å². The molecule has 1 heterocycles. The molecule has 0 amide bonds. The monoisotopic (exact) mass is 262 g/mol. The number of pyridine rings is 1. The second-order valence-corrected chi connectivity index (χ2v) is 4.24. The standard InChI is InChI=1S/C13H15ClN4/c14-10-3-5-11(6-4-10)16-8-9-18-13-12(15)2-1-7-17-13/h1-7,16H,8-9,15H2,(H,17,18). The average Bonchev–Trinajstić information content (AvgIpc) is 2.39. The molecule has 18 heavy (non-hydrogen) atoms. The van der Waals surface area contributed by atoms with Crippen LogP contribution in [0.25, 0.3) is 0 Å². The van der Waals surface area contributed by atoms with Crippen LogP contribution in [0.5, 0.6) is 0 Å². The molecule has 0 aliphatic heterocycles. The van der Waals surface area contributed by atoms with E-state index in [9.17, 15) is 0 Å². The first-order valence-electron chi connectivity index (χ1n) is 5.69. The van der Waals surface area contributed by atoms with Crippen LogP contribution in [0.1, 0.15) is 0 Å². The minimum Gasteiger partial charge on any atom is -0.396 e. The highest BCUT2D eigenvalue weighted by Crippen LogP contribution is 2.14. The Bertz CT molecular complexity index is 499. The summed E-state index contributed by atoms with van der Waals surface area (Å²) in [6, 6.07) is 11.2. The quantitative estimate of drug-likeness (QED) is 0.725. The molecule has 0 atom stereocenters. The van der Waals surface area contributed by atoms with E-state index in [0.717, 1.165) is 29.6 Å². The van der Waals surface area contributed by atoms with Gasteiger partial charge in [0.2, 0.25) is 0 Å². The molecule has 1 aromatic carbocycles. The van der Waals surface area contributed by atoms with E-state index in [1.165, 1.54) is 0 Å². The molecule has 0 bridgehead atoms. The van der Waals surface area contributed by atoms with Gasteiger partial charge in [-0.15, -0.1) is 0 Å². The van der Waals surface area contributed by atoms with Crippen molar-refractivity contribution in [3.05, 3.63) is 47.6 Å². The zero-order chi connectivity index (χ0) is 12.8. The zero-order valence-corrected chi connectivity index (χ0v) is 10.6. The number of nitrogens with one attached hydrogen (secondary N) is 2. The van der Waals surface area contributed by atoms with Crippen LogP contribution in [-0.2, 0) is 0 Å². The lowest BCUT2D eigenvalue weighted by atomic mass is 10.3. The van der Waals surface area contributed by atoms with Gasteiger partial charge < -0.3 is 16.4 Å². The van der Waals surface area contributed by atoms with E-state index >= 15 is 0 Å². The van der Waals surface area contributed by atoms with Gasteiger partial charge in [-0.2, -0.15) is 0 Å². The first kappa shape index (κ1) is 12.5.